The Morgan fingerprint density at radius 2 is 1.86 bits per heavy atom. The fourth-order valence-corrected chi connectivity index (χ4v) is 4.13. The van der Waals surface area contributed by atoms with E-state index >= 15 is 0 Å². The maximum absolute atomic E-state index is 12.4. The fourth-order valence-electron chi connectivity index (χ4n) is 4.13. The van der Waals surface area contributed by atoms with Crippen molar-refractivity contribution >= 4 is 11.4 Å². The molecule has 1 saturated heterocycles. The Hall–Kier alpha value is -3.25. The van der Waals surface area contributed by atoms with E-state index in [1.54, 1.807) is 6.07 Å². The third-order valence-corrected chi connectivity index (χ3v) is 5.48. The van der Waals surface area contributed by atoms with Crippen LogP contribution in [0.25, 0.3) is 11.3 Å². The predicted molar refractivity (Wildman–Crippen MR) is 114 cm³/mol. The number of H-pyrrole nitrogens is 1. The molecule has 3 aromatic rings. The number of nitrogens with zero attached hydrogens (tertiary/aromatic N) is 1. The first-order chi connectivity index (χ1) is 14.1. The molecule has 1 fully saturated rings. The molecule has 0 saturated carbocycles. The Balaban J connectivity index is 1.61. The molecular formula is C23H23N3O3. The minimum atomic E-state index is -0.122. The van der Waals surface area contributed by atoms with Crippen LogP contribution in [-0.2, 0) is 11.2 Å². The van der Waals surface area contributed by atoms with Gasteiger partial charge in [0.05, 0.1) is 18.9 Å². The smallest absolute Gasteiger partial charge is 0.250 e. The molecule has 3 N–H and O–H groups in total. The van der Waals surface area contributed by atoms with Crippen LogP contribution in [0.3, 0.4) is 0 Å². The van der Waals surface area contributed by atoms with Gasteiger partial charge >= 0.3 is 0 Å². The number of nitrogen functional groups attached to an aromatic ring is 1. The van der Waals surface area contributed by atoms with Crippen molar-refractivity contribution < 1.29 is 9.47 Å². The van der Waals surface area contributed by atoms with Crippen LogP contribution in [0.4, 0.5) is 11.4 Å². The summed E-state index contributed by atoms with van der Waals surface area (Å²) in [6.45, 7) is 4.96. The number of aryl methyl sites for hydroxylation is 1. The Morgan fingerprint density at radius 3 is 2.69 bits per heavy atom. The summed E-state index contributed by atoms with van der Waals surface area (Å²) in [7, 11) is 0. The van der Waals surface area contributed by atoms with E-state index in [1.807, 2.05) is 24.3 Å². The average molecular weight is 389 g/mol. The van der Waals surface area contributed by atoms with Gasteiger partial charge in [0.1, 0.15) is 11.5 Å². The van der Waals surface area contributed by atoms with Crippen LogP contribution in [0.2, 0.25) is 0 Å². The van der Waals surface area contributed by atoms with E-state index in [2.05, 4.69) is 28.9 Å². The van der Waals surface area contributed by atoms with Crippen LogP contribution in [0.5, 0.6) is 11.5 Å². The van der Waals surface area contributed by atoms with Crippen LogP contribution in [-0.4, -0.2) is 31.3 Å². The molecule has 0 amide bonds. The number of rotatable bonds is 2. The first-order valence-corrected chi connectivity index (χ1v) is 9.84. The maximum atomic E-state index is 12.4. The van der Waals surface area contributed by atoms with Gasteiger partial charge in [-0.25, -0.2) is 0 Å². The summed E-state index contributed by atoms with van der Waals surface area (Å²) in [6.07, 6.45) is 0.748. The van der Waals surface area contributed by atoms with E-state index in [0.717, 1.165) is 70.3 Å². The Labute approximate surface area is 168 Å². The molecule has 6 heteroatoms. The fraction of sp³-hybridized carbons (Fsp3) is 0.261. The van der Waals surface area contributed by atoms with Crippen molar-refractivity contribution in [2.24, 2.45) is 0 Å². The van der Waals surface area contributed by atoms with Crippen LogP contribution < -0.4 is 20.9 Å². The molecule has 2 aliphatic heterocycles. The first kappa shape index (κ1) is 17.8. The normalized spacial score (nSPS) is 15.4. The van der Waals surface area contributed by atoms with E-state index in [9.17, 15) is 4.79 Å². The van der Waals surface area contributed by atoms with Crippen molar-refractivity contribution in [3.05, 3.63) is 69.5 Å². The highest BCUT2D eigenvalue weighted by Gasteiger charge is 2.23. The number of aromatic amines is 1. The number of nitrogens with two attached hydrogens (primary N) is 1. The monoisotopic (exact) mass is 389 g/mol. The van der Waals surface area contributed by atoms with Gasteiger partial charge in [0.15, 0.2) is 0 Å². The van der Waals surface area contributed by atoms with Crippen molar-refractivity contribution in [1.82, 2.24) is 4.98 Å². The van der Waals surface area contributed by atoms with Gasteiger partial charge in [-0.3, -0.25) is 4.79 Å². The molecule has 0 bridgehead atoms. The third-order valence-electron chi connectivity index (χ3n) is 5.48. The SMILES string of the molecule is Cc1cc2c(c(-c3cc(N4CCOCC4)cc(=O)[nH]3)c1)Oc1ccc(N)cc1C2. The molecular weight excluding hydrogens is 366 g/mol. The summed E-state index contributed by atoms with van der Waals surface area (Å²) in [5.41, 5.74) is 12.4. The van der Waals surface area contributed by atoms with Crippen molar-refractivity contribution in [1.29, 1.82) is 0 Å². The van der Waals surface area contributed by atoms with Gasteiger partial charge in [0, 0.05) is 53.6 Å². The van der Waals surface area contributed by atoms with Crippen LogP contribution in [0.15, 0.2) is 47.3 Å². The minimum Gasteiger partial charge on any atom is -0.456 e. The zero-order valence-corrected chi connectivity index (χ0v) is 16.3. The molecule has 0 unspecified atom stereocenters. The highest BCUT2D eigenvalue weighted by Crippen LogP contribution is 2.43. The second kappa shape index (κ2) is 6.97. The van der Waals surface area contributed by atoms with Crippen molar-refractivity contribution in [3.63, 3.8) is 0 Å². The topological polar surface area (TPSA) is 80.6 Å². The van der Waals surface area contributed by atoms with Gasteiger partial charge in [-0.1, -0.05) is 6.07 Å². The lowest BCUT2D eigenvalue weighted by Gasteiger charge is -2.29. The number of hydrogen-bond acceptors (Lipinski definition) is 5. The van der Waals surface area contributed by atoms with Gasteiger partial charge in [0.25, 0.3) is 0 Å². The third kappa shape index (κ3) is 3.36. The van der Waals surface area contributed by atoms with E-state index in [4.69, 9.17) is 15.2 Å². The van der Waals surface area contributed by atoms with Crippen molar-refractivity contribution in [2.45, 2.75) is 13.3 Å². The largest absolute Gasteiger partial charge is 0.456 e. The molecule has 5 rings (SSSR count). The molecule has 2 aromatic carbocycles. The second-order valence-electron chi connectivity index (χ2n) is 7.66. The summed E-state index contributed by atoms with van der Waals surface area (Å²) < 4.78 is 11.7. The van der Waals surface area contributed by atoms with E-state index in [1.165, 1.54) is 0 Å². The number of benzene rings is 2. The number of hydrogen-bond donors (Lipinski definition) is 2. The van der Waals surface area contributed by atoms with Gasteiger partial charge in [-0.2, -0.15) is 0 Å². The van der Waals surface area contributed by atoms with E-state index in [-0.39, 0.29) is 5.56 Å². The van der Waals surface area contributed by atoms with E-state index < -0.39 is 0 Å². The first-order valence-electron chi connectivity index (χ1n) is 9.84. The number of aromatic nitrogens is 1. The molecule has 6 nitrogen and oxygen atoms in total. The Morgan fingerprint density at radius 1 is 1.03 bits per heavy atom. The number of pyridine rings is 1. The second-order valence-corrected chi connectivity index (χ2v) is 7.66. The molecule has 0 radical (unpaired) electrons. The zero-order valence-electron chi connectivity index (χ0n) is 16.3. The van der Waals surface area contributed by atoms with Gasteiger partial charge in [-0.15, -0.1) is 0 Å². The highest BCUT2D eigenvalue weighted by molar-refractivity contribution is 5.75. The summed E-state index contributed by atoms with van der Waals surface area (Å²) in [5.74, 6) is 1.60. The quantitative estimate of drug-likeness (QED) is 0.513. The maximum Gasteiger partial charge on any atom is 0.250 e. The zero-order chi connectivity index (χ0) is 20.0. The predicted octanol–water partition coefficient (Wildman–Crippen LogP) is 3.47. The van der Waals surface area contributed by atoms with Crippen LogP contribution in [0, 0.1) is 6.92 Å². The standard InChI is InChI=1S/C23H23N3O3/c1-14-8-16-10-15-11-17(24)2-3-21(15)29-23(16)19(9-14)20-12-18(13-22(27)25-20)26-4-6-28-7-5-26/h2-3,8-9,11-13H,4-7,10,24H2,1H3,(H,25,27). The lowest BCUT2D eigenvalue weighted by atomic mass is 9.94. The van der Waals surface area contributed by atoms with Crippen LogP contribution in [0.1, 0.15) is 16.7 Å². The number of fused-ring (bicyclic) bond motifs is 2. The van der Waals surface area contributed by atoms with Crippen LogP contribution >= 0.6 is 0 Å². The van der Waals surface area contributed by atoms with Gasteiger partial charge < -0.3 is 25.1 Å². The van der Waals surface area contributed by atoms with Crippen molar-refractivity contribution in [3.8, 4) is 22.8 Å². The molecule has 29 heavy (non-hydrogen) atoms. The molecule has 0 aliphatic carbocycles. The Bertz CT molecular complexity index is 1150. The van der Waals surface area contributed by atoms with Gasteiger partial charge in [-0.05, 0) is 42.8 Å². The number of ether oxygens (including phenoxy) is 2. The molecule has 3 heterocycles. The minimum absolute atomic E-state index is 0.122. The lowest BCUT2D eigenvalue weighted by molar-refractivity contribution is 0.122. The summed E-state index contributed by atoms with van der Waals surface area (Å²) >= 11 is 0. The summed E-state index contributed by atoms with van der Waals surface area (Å²) in [4.78, 5) is 17.6. The highest BCUT2D eigenvalue weighted by atomic mass is 16.5. The summed E-state index contributed by atoms with van der Waals surface area (Å²) in [5, 5.41) is 0. The number of anilines is 2. The number of morpholine rings is 1. The Kier molecular flexibility index (Phi) is 4.28. The molecule has 0 spiro atoms. The van der Waals surface area contributed by atoms with Gasteiger partial charge in [0.2, 0.25) is 5.56 Å². The molecule has 1 aromatic heterocycles. The molecule has 2 aliphatic rings. The van der Waals surface area contributed by atoms with Crippen molar-refractivity contribution in [2.75, 3.05) is 36.9 Å². The summed E-state index contributed by atoms with van der Waals surface area (Å²) in [6, 6.07) is 13.6. The van der Waals surface area contributed by atoms with E-state index in [0.29, 0.717) is 13.2 Å². The lowest BCUT2D eigenvalue weighted by Crippen LogP contribution is -2.36. The average Bonchev–Trinajstić information content (AvgIpc) is 2.72. The number of nitrogens with one attached hydrogen (secondary N) is 1. The molecule has 148 valence electrons. The molecule has 0 atom stereocenters.